The highest BCUT2D eigenvalue weighted by Crippen LogP contribution is 2.30. The lowest BCUT2D eigenvalue weighted by Crippen LogP contribution is -2.34. The van der Waals surface area contributed by atoms with E-state index in [0.29, 0.717) is 19.0 Å². The van der Waals surface area contributed by atoms with Gasteiger partial charge in [-0.1, -0.05) is 13.0 Å². The van der Waals surface area contributed by atoms with Crippen molar-refractivity contribution in [1.29, 1.82) is 0 Å². The highest BCUT2D eigenvalue weighted by Gasteiger charge is 2.31. The van der Waals surface area contributed by atoms with Gasteiger partial charge in [0.15, 0.2) is 5.82 Å². The van der Waals surface area contributed by atoms with Crippen molar-refractivity contribution in [3.8, 4) is 5.69 Å². The zero-order valence-electron chi connectivity index (χ0n) is 13.5. The molecule has 0 radical (unpaired) electrons. The smallest absolute Gasteiger partial charge is 0.416 e. The number of benzene rings is 1. The summed E-state index contributed by atoms with van der Waals surface area (Å²) in [5.41, 5.74) is -1.03. The number of rotatable bonds is 3. The molecule has 0 bridgehead atoms. The van der Waals surface area contributed by atoms with Gasteiger partial charge in [-0.05, 0) is 37.0 Å². The normalized spacial score (nSPS) is 16.2. The SMILES string of the molecule is CC1CCN(c2nn(-c3cccc(C(F)(F)F)c3)nc2C(=O)O)CC1. The molecule has 1 saturated heterocycles. The first-order valence-corrected chi connectivity index (χ1v) is 7.89. The molecule has 1 fully saturated rings. The van der Waals surface area contributed by atoms with Crippen LogP contribution in [-0.4, -0.2) is 39.2 Å². The molecule has 134 valence electrons. The summed E-state index contributed by atoms with van der Waals surface area (Å²) in [7, 11) is 0. The second kappa shape index (κ2) is 6.38. The Labute approximate surface area is 141 Å². The highest BCUT2D eigenvalue weighted by atomic mass is 19.4. The first-order valence-electron chi connectivity index (χ1n) is 7.89. The predicted octanol–water partition coefficient (Wildman–Crippen LogP) is 3.22. The monoisotopic (exact) mass is 354 g/mol. The minimum atomic E-state index is -4.50. The third kappa shape index (κ3) is 3.59. The fraction of sp³-hybridized carbons (Fsp3) is 0.438. The van der Waals surface area contributed by atoms with Crippen LogP contribution in [0.15, 0.2) is 24.3 Å². The third-order valence-corrected chi connectivity index (χ3v) is 4.29. The van der Waals surface area contributed by atoms with Gasteiger partial charge in [0.05, 0.1) is 11.3 Å². The van der Waals surface area contributed by atoms with E-state index in [1.165, 1.54) is 12.1 Å². The Balaban J connectivity index is 1.98. The fourth-order valence-electron chi connectivity index (χ4n) is 2.79. The number of alkyl halides is 3. The van der Waals surface area contributed by atoms with Gasteiger partial charge >= 0.3 is 12.1 Å². The molecular formula is C16H17F3N4O2. The van der Waals surface area contributed by atoms with E-state index in [2.05, 4.69) is 17.1 Å². The van der Waals surface area contributed by atoms with E-state index in [4.69, 9.17) is 0 Å². The molecule has 3 rings (SSSR count). The summed E-state index contributed by atoms with van der Waals surface area (Å²) in [6.07, 6.45) is -2.70. The van der Waals surface area contributed by atoms with Crippen molar-refractivity contribution in [2.75, 3.05) is 18.0 Å². The summed E-state index contributed by atoms with van der Waals surface area (Å²) in [5, 5.41) is 17.4. The van der Waals surface area contributed by atoms with Gasteiger partial charge in [-0.25, -0.2) is 4.79 Å². The number of halogens is 3. The van der Waals surface area contributed by atoms with E-state index in [1.54, 1.807) is 0 Å². The van der Waals surface area contributed by atoms with Gasteiger partial charge in [-0.15, -0.1) is 15.0 Å². The number of carboxylic acid groups (broad SMARTS) is 1. The van der Waals surface area contributed by atoms with Crippen molar-refractivity contribution < 1.29 is 23.1 Å². The molecule has 1 aromatic heterocycles. The van der Waals surface area contributed by atoms with Crippen LogP contribution in [0.2, 0.25) is 0 Å². The molecule has 2 aromatic rings. The topological polar surface area (TPSA) is 71.2 Å². The Morgan fingerprint density at radius 3 is 2.52 bits per heavy atom. The lowest BCUT2D eigenvalue weighted by Gasteiger charge is -2.30. The zero-order chi connectivity index (χ0) is 18.2. The summed E-state index contributed by atoms with van der Waals surface area (Å²) in [5.74, 6) is -0.522. The van der Waals surface area contributed by atoms with Gasteiger partial charge in [0.25, 0.3) is 0 Å². The molecule has 0 saturated carbocycles. The molecule has 0 spiro atoms. The van der Waals surface area contributed by atoms with Crippen LogP contribution in [0, 0.1) is 5.92 Å². The van der Waals surface area contributed by atoms with E-state index in [0.717, 1.165) is 29.8 Å². The van der Waals surface area contributed by atoms with Gasteiger partial charge in [0.1, 0.15) is 0 Å². The van der Waals surface area contributed by atoms with Gasteiger partial charge in [-0.2, -0.15) is 13.2 Å². The fourth-order valence-corrected chi connectivity index (χ4v) is 2.79. The van der Waals surface area contributed by atoms with Crippen LogP contribution in [0.25, 0.3) is 5.69 Å². The summed E-state index contributed by atoms with van der Waals surface area (Å²) in [6, 6.07) is 4.48. The largest absolute Gasteiger partial charge is 0.476 e. The van der Waals surface area contributed by atoms with Crippen molar-refractivity contribution in [2.24, 2.45) is 5.92 Å². The van der Waals surface area contributed by atoms with Crippen molar-refractivity contribution in [1.82, 2.24) is 15.0 Å². The number of anilines is 1. The number of aromatic carboxylic acids is 1. The Morgan fingerprint density at radius 2 is 1.92 bits per heavy atom. The van der Waals surface area contributed by atoms with Crippen molar-refractivity contribution in [3.05, 3.63) is 35.5 Å². The molecule has 1 aliphatic rings. The lowest BCUT2D eigenvalue weighted by atomic mass is 9.99. The van der Waals surface area contributed by atoms with Gasteiger partial charge in [0.2, 0.25) is 5.69 Å². The number of hydrogen-bond acceptors (Lipinski definition) is 4. The zero-order valence-corrected chi connectivity index (χ0v) is 13.5. The number of nitrogens with zero attached hydrogens (tertiary/aromatic N) is 4. The van der Waals surface area contributed by atoms with Crippen LogP contribution in [-0.2, 0) is 6.18 Å². The maximum atomic E-state index is 12.9. The van der Waals surface area contributed by atoms with E-state index >= 15 is 0 Å². The Morgan fingerprint density at radius 1 is 1.24 bits per heavy atom. The summed E-state index contributed by atoms with van der Waals surface area (Å²) >= 11 is 0. The maximum absolute atomic E-state index is 12.9. The maximum Gasteiger partial charge on any atom is 0.416 e. The Hall–Kier alpha value is -2.58. The van der Waals surface area contributed by atoms with Crippen LogP contribution in [0.1, 0.15) is 35.8 Å². The molecule has 1 aromatic carbocycles. The van der Waals surface area contributed by atoms with Crippen molar-refractivity contribution >= 4 is 11.8 Å². The summed E-state index contributed by atoms with van der Waals surface area (Å²) < 4.78 is 38.6. The van der Waals surface area contributed by atoms with Crippen LogP contribution in [0.3, 0.4) is 0 Å². The molecular weight excluding hydrogens is 337 g/mol. The highest BCUT2D eigenvalue weighted by molar-refractivity contribution is 5.91. The molecule has 1 N–H and O–H groups in total. The van der Waals surface area contributed by atoms with Crippen LogP contribution in [0.5, 0.6) is 0 Å². The van der Waals surface area contributed by atoms with Crippen LogP contribution < -0.4 is 4.90 Å². The Kier molecular flexibility index (Phi) is 4.40. The van der Waals surface area contributed by atoms with Gasteiger partial charge in [-0.3, -0.25) is 0 Å². The van der Waals surface area contributed by atoms with Crippen molar-refractivity contribution in [3.63, 3.8) is 0 Å². The summed E-state index contributed by atoms with van der Waals surface area (Å²) in [4.78, 5) is 14.2. The van der Waals surface area contributed by atoms with Gasteiger partial charge < -0.3 is 10.0 Å². The first-order chi connectivity index (χ1) is 11.8. The molecule has 9 heteroatoms. The molecule has 6 nitrogen and oxygen atoms in total. The lowest BCUT2D eigenvalue weighted by molar-refractivity contribution is -0.137. The predicted molar refractivity (Wildman–Crippen MR) is 83.9 cm³/mol. The van der Waals surface area contributed by atoms with E-state index < -0.39 is 17.7 Å². The number of carbonyl (C=O) groups is 1. The van der Waals surface area contributed by atoms with E-state index in [-0.39, 0.29) is 17.2 Å². The summed E-state index contributed by atoms with van der Waals surface area (Å²) in [6.45, 7) is 3.40. The second-order valence-corrected chi connectivity index (χ2v) is 6.18. The van der Waals surface area contributed by atoms with E-state index in [9.17, 15) is 23.1 Å². The molecule has 0 unspecified atom stereocenters. The molecule has 0 atom stereocenters. The van der Waals surface area contributed by atoms with E-state index in [1.807, 2.05) is 4.90 Å². The first kappa shape index (κ1) is 17.2. The van der Waals surface area contributed by atoms with Crippen LogP contribution >= 0.6 is 0 Å². The van der Waals surface area contributed by atoms with Gasteiger partial charge in [0, 0.05) is 13.1 Å². The number of aromatic nitrogens is 3. The average Bonchev–Trinajstić information content (AvgIpc) is 3.00. The minimum Gasteiger partial charge on any atom is -0.476 e. The van der Waals surface area contributed by atoms with Crippen molar-refractivity contribution in [2.45, 2.75) is 25.9 Å². The molecule has 0 aliphatic carbocycles. The van der Waals surface area contributed by atoms with Crippen LogP contribution in [0.4, 0.5) is 19.0 Å². The molecule has 0 amide bonds. The standard InChI is InChI=1S/C16H17F3N4O2/c1-10-5-7-22(8-6-10)14-13(15(24)25)20-23(21-14)12-4-2-3-11(9-12)16(17,18)19/h2-4,9-10H,5-8H2,1H3,(H,24,25). The number of hydrogen-bond donors (Lipinski definition) is 1. The molecule has 25 heavy (non-hydrogen) atoms. The second-order valence-electron chi connectivity index (χ2n) is 6.18. The quantitative estimate of drug-likeness (QED) is 0.916. The Bertz CT molecular complexity index is 780. The average molecular weight is 354 g/mol. The third-order valence-electron chi connectivity index (χ3n) is 4.29. The molecule has 2 heterocycles. The minimum absolute atomic E-state index is 0.0638. The number of carboxylic acids is 1. The number of piperidine rings is 1. The molecule has 1 aliphatic heterocycles.